The first kappa shape index (κ1) is 13.9. The molecule has 0 aliphatic heterocycles. The van der Waals surface area contributed by atoms with Crippen LogP contribution >= 0.6 is 11.6 Å². The summed E-state index contributed by atoms with van der Waals surface area (Å²) in [5.41, 5.74) is -2.42. The number of aliphatic imine (C=N–C) groups is 1. The van der Waals surface area contributed by atoms with Crippen LogP contribution in [0.1, 0.15) is 30.4 Å². The van der Waals surface area contributed by atoms with E-state index in [4.69, 9.17) is 11.6 Å². The van der Waals surface area contributed by atoms with Gasteiger partial charge in [0, 0.05) is 10.6 Å². The van der Waals surface area contributed by atoms with E-state index in [0.717, 1.165) is 0 Å². The molecule has 0 saturated heterocycles. The molecule has 0 bridgehead atoms. The van der Waals surface area contributed by atoms with Crippen LogP contribution in [0.2, 0.25) is 5.02 Å². The molecule has 0 atom stereocenters. The number of phenolic OH excluding ortho intramolecular Hbond substituents is 1. The van der Waals surface area contributed by atoms with Crippen molar-refractivity contribution in [1.29, 1.82) is 0 Å². The molecule has 0 unspecified atom stereocenters. The number of hydrogen-bond donors (Lipinski definition) is 1. The summed E-state index contributed by atoms with van der Waals surface area (Å²) in [6.07, 6.45) is -1.90. The molecule has 1 aromatic rings. The third-order valence-electron chi connectivity index (χ3n) is 3.32. The largest absolute Gasteiger partial charge is 0.507 e. The highest BCUT2D eigenvalue weighted by Gasteiger charge is 2.44. The lowest BCUT2D eigenvalue weighted by atomic mass is 9.71. The van der Waals surface area contributed by atoms with Crippen LogP contribution < -0.4 is 0 Å². The number of nitrogens with zero attached hydrogens (tertiary/aromatic N) is 1. The zero-order chi connectivity index (χ0) is 14.3. The van der Waals surface area contributed by atoms with Gasteiger partial charge in [-0.1, -0.05) is 11.6 Å². The van der Waals surface area contributed by atoms with Crippen LogP contribution in [0.3, 0.4) is 0 Å². The van der Waals surface area contributed by atoms with E-state index in [9.17, 15) is 23.1 Å². The van der Waals surface area contributed by atoms with Crippen LogP contribution in [0.25, 0.3) is 0 Å². The lowest BCUT2D eigenvalue weighted by Gasteiger charge is -2.37. The van der Waals surface area contributed by atoms with Crippen LogP contribution in [0, 0.1) is 0 Å². The minimum absolute atomic E-state index is 0.0677. The van der Waals surface area contributed by atoms with Crippen molar-refractivity contribution in [3.05, 3.63) is 28.3 Å². The molecular formula is C12H9ClF3NO2. The van der Waals surface area contributed by atoms with Crippen molar-refractivity contribution in [2.24, 2.45) is 4.99 Å². The number of benzene rings is 1. The van der Waals surface area contributed by atoms with E-state index in [1.165, 1.54) is 12.1 Å². The number of aromatic hydroxyl groups is 1. The van der Waals surface area contributed by atoms with Crippen molar-refractivity contribution >= 4 is 17.7 Å². The first-order valence-corrected chi connectivity index (χ1v) is 5.87. The van der Waals surface area contributed by atoms with Crippen molar-refractivity contribution < 1.29 is 23.1 Å². The van der Waals surface area contributed by atoms with Gasteiger partial charge in [0.05, 0.1) is 5.56 Å². The van der Waals surface area contributed by atoms with Gasteiger partial charge in [-0.05, 0) is 31.4 Å². The van der Waals surface area contributed by atoms with Gasteiger partial charge in [0.15, 0.2) is 0 Å². The zero-order valence-electron chi connectivity index (χ0n) is 9.59. The van der Waals surface area contributed by atoms with E-state index in [2.05, 4.69) is 4.99 Å². The second kappa shape index (κ2) is 4.54. The second-order valence-electron chi connectivity index (χ2n) is 4.44. The second-order valence-corrected chi connectivity index (χ2v) is 4.87. The molecule has 19 heavy (non-hydrogen) atoms. The Labute approximate surface area is 111 Å². The van der Waals surface area contributed by atoms with Crippen molar-refractivity contribution in [3.63, 3.8) is 0 Å². The number of rotatable bonds is 2. The van der Waals surface area contributed by atoms with Gasteiger partial charge >= 0.3 is 6.18 Å². The topological polar surface area (TPSA) is 49.7 Å². The summed E-state index contributed by atoms with van der Waals surface area (Å²) in [6.45, 7) is 0. The van der Waals surface area contributed by atoms with E-state index in [0.29, 0.717) is 25.3 Å². The maximum atomic E-state index is 12.8. The normalized spacial score (nSPS) is 17.5. The van der Waals surface area contributed by atoms with Crippen molar-refractivity contribution in [2.45, 2.75) is 31.0 Å². The van der Waals surface area contributed by atoms with E-state index in [1.807, 2.05) is 0 Å². The lowest BCUT2D eigenvalue weighted by molar-refractivity contribution is -0.138. The van der Waals surface area contributed by atoms with Gasteiger partial charge in [0.1, 0.15) is 11.3 Å². The first-order chi connectivity index (χ1) is 8.80. The quantitative estimate of drug-likeness (QED) is 0.666. The third-order valence-corrected chi connectivity index (χ3v) is 3.54. The van der Waals surface area contributed by atoms with Gasteiger partial charge in [-0.2, -0.15) is 18.2 Å². The van der Waals surface area contributed by atoms with Gasteiger partial charge in [-0.25, -0.2) is 4.79 Å². The third kappa shape index (κ3) is 2.33. The molecule has 1 aliphatic carbocycles. The van der Waals surface area contributed by atoms with Gasteiger partial charge in [-0.3, -0.25) is 0 Å². The fourth-order valence-electron chi connectivity index (χ4n) is 2.21. The average molecular weight is 292 g/mol. The Balaban J connectivity index is 2.64. The van der Waals surface area contributed by atoms with Gasteiger partial charge in [0.25, 0.3) is 0 Å². The van der Waals surface area contributed by atoms with Crippen molar-refractivity contribution in [2.75, 3.05) is 0 Å². The van der Waals surface area contributed by atoms with Crippen molar-refractivity contribution in [1.82, 2.24) is 0 Å². The summed E-state index contributed by atoms with van der Waals surface area (Å²) in [5, 5.41) is 9.65. The molecule has 0 spiro atoms. The van der Waals surface area contributed by atoms with Gasteiger partial charge < -0.3 is 5.11 Å². The zero-order valence-corrected chi connectivity index (χ0v) is 10.3. The number of hydrogen-bond acceptors (Lipinski definition) is 3. The Morgan fingerprint density at radius 2 is 2.00 bits per heavy atom. The summed E-state index contributed by atoms with van der Waals surface area (Å²) in [7, 11) is 0. The van der Waals surface area contributed by atoms with E-state index < -0.39 is 23.0 Å². The fraction of sp³-hybridized carbons (Fsp3) is 0.417. The standard InChI is InChI=1S/C12H9ClF3NO2/c13-7-4-8(11(17-6-18)2-1-3-11)10(19)9(5-7)12(14,15)16/h4-5,19H,1-3H2. The summed E-state index contributed by atoms with van der Waals surface area (Å²) in [5.74, 6) is -0.921. The van der Waals surface area contributed by atoms with Crippen LogP contribution in [0.15, 0.2) is 17.1 Å². The predicted octanol–water partition coefficient (Wildman–Crippen LogP) is 3.78. The van der Waals surface area contributed by atoms with Crippen LogP contribution in [0.4, 0.5) is 13.2 Å². The number of halogens is 4. The predicted molar refractivity (Wildman–Crippen MR) is 61.8 cm³/mol. The highest BCUT2D eigenvalue weighted by molar-refractivity contribution is 6.30. The van der Waals surface area contributed by atoms with Gasteiger partial charge in [0.2, 0.25) is 6.08 Å². The average Bonchev–Trinajstić information content (AvgIpc) is 2.25. The molecule has 102 valence electrons. The molecule has 1 aromatic carbocycles. The Morgan fingerprint density at radius 1 is 1.37 bits per heavy atom. The fourth-order valence-corrected chi connectivity index (χ4v) is 2.43. The molecule has 1 saturated carbocycles. The van der Waals surface area contributed by atoms with Crippen LogP contribution in [-0.4, -0.2) is 11.2 Å². The molecule has 1 fully saturated rings. The number of phenols is 1. The Bertz CT molecular complexity index is 561. The minimum atomic E-state index is -4.72. The van der Waals surface area contributed by atoms with Crippen molar-refractivity contribution in [3.8, 4) is 5.75 Å². The number of isocyanates is 1. The summed E-state index contributed by atoms with van der Waals surface area (Å²) < 4.78 is 38.3. The molecule has 3 nitrogen and oxygen atoms in total. The SMILES string of the molecule is O=C=NC1(c2cc(Cl)cc(C(F)(F)F)c2O)CCC1. The summed E-state index contributed by atoms with van der Waals surface area (Å²) >= 11 is 5.66. The smallest absolute Gasteiger partial charge is 0.420 e. The van der Waals surface area contributed by atoms with Crippen LogP contribution in [-0.2, 0) is 16.5 Å². The molecule has 0 radical (unpaired) electrons. The Kier molecular flexibility index (Phi) is 3.32. The summed E-state index contributed by atoms with van der Waals surface area (Å²) in [6, 6.07) is 1.86. The number of alkyl halides is 3. The highest BCUT2D eigenvalue weighted by Crippen LogP contribution is 2.51. The molecule has 0 amide bonds. The van der Waals surface area contributed by atoms with E-state index in [-0.39, 0.29) is 10.6 Å². The first-order valence-electron chi connectivity index (χ1n) is 5.49. The minimum Gasteiger partial charge on any atom is -0.507 e. The molecule has 0 heterocycles. The summed E-state index contributed by atoms with van der Waals surface area (Å²) in [4.78, 5) is 14.0. The highest BCUT2D eigenvalue weighted by atomic mass is 35.5. The monoisotopic (exact) mass is 291 g/mol. The molecule has 1 aliphatic rings. The molecule has 2 rings (SSSR count). The Morgan fingerprint density at radius 3 is 2.42 bits per heavy atom. The number of carbonyl (C=O) groups excluding carboxylic acids is 1. The lowest BCUT2D eigenvalue weighted by Crippen LogP contribution is -2.32. The maximum Gasteiger partial charge on any atom is 0.420 e. The molecule has 0 aromatic heterocycles. The molecular weight excluding hydrogens is 283 g/mol. The van der Waals surface area contributed by atoms with E-state index in [1.54, 1.807) is 0 Å². The van der Waals surface area contributed by atoms with Gasteiger partial charge in [-0.15, -0.1) is 0 Å². The maximum absolute atomic E-state index is 12.8. The molecule has 7 heteroatoms. The molecule has 1 N–H and O–H groups in total. The van der Waals surface area contributed by atoms with E-state index >= 15 is 0 Å². The van der Waals surface area contributed by atoms with Crippen LogP contribution in [0.5, 0.6) is 5.75 Å². The Hall–Kier alpha value is -1.52.